The van der Waals surface area contributed by atoms with Gasteiger partial charge in [-0.15, -0.1) is 0 Å². The Balaban J connectivity index is 2.27. The van der Waals surface area contributed by atoms with Gasteiger partial charge in [0, 0.05) is 18.2 Å². The van der Waals surface area contributed by atoms with Crippen molar-refractivity contribution in [2.45, 2.75) is 25.8 Å². The summed E-state index contributed by atoms with van der Waals surface area (Å²) < 4.78 is 5.66. The molecule has 0 saturated carbocycles. The standard InChI is InChI=1S/C12H17NO/c1-2-5-11-10-6-3-4-7-12(10)14-9-8-13-11/h3-4,6-7,11,13H,2,5,8-9H2,1H3. The Morgan fingerprint density at radius 3 is 3.14 bits per heavy atom. The van der Waals surface area contributed by atoms with Gasteiger partial charge >= 0.3 is 0 Å². The van der Waals surface area contributed by atoms with E-state index in [1.807, 2.05) is 6.07 Å². The third kappa shape index (κ3) is 1.90. The molecular weight excluding hydrogens is 174 g/mol. The van der Waals surface area contributed by atoms with E-state index in [0.29, 0.717) is 6.04 Å². The van der Waals surface area contributed by atoms with Crippen LogP contribution in [-0.4, -0.2) is 13.2 Å². The minimum atomic E-state index is 0.471. The molecular formula is C12H17NO. The van der Waals surface area contributed by atoms with Crippen LogP contribution in [0.2, 0.25) is 0 Å². The Labute approximate surface area is 85.3 Å². The van der Waals surface area contributed by atoms with Gasteiger partial charge in [0.05, 0.1) is 0 Å². The summed E-state index contributed by atoms with van der Waals surface area (Å²) in [5.41, 5.74) is 1.31. The van der Waals surface area contributed by atoms with E-state index in [1.54, 1.807) is 0 Å². The molecule has 0 saturated heterocycles. The molecule has 2 heteroatoms. The smallest absolute Gasteiger partial charge is 0.124 e. The van der Waals surface area contributed by atoms with Crippen LogP contribution in [0, 0.1) is 0 Å². The number of rotatable bonds is 2. The lowest BCUT2D eigenvalue weighted by Crippen LogP contribution is -2.22. The zero-order valence-corrected chi connectivity index (χ0v) is 8.62. The number of ether oxygens (including phenoxy) is 1. The predicted octanol–water partition coefficient (Wildman–Crippen LogP) is 2.51. The summed E-state index contributed by atoms with van der Waals surface area (Å²) in [5, 5.41) is 3.51. The van der Waals surface area contributed by atoms with Crippen LogP contribution < -0.4 is 10.1 Å². The molecule has 0 spiro atoms. The molecule has 14 heavy (non-hydrogen) atoms. The third-order valence-electron chi connectivity index (χ3n) is 2.62. The molecule has 76 valence electrons. The molecule has 0 aromatic heterocycles. The molecule has 1 aromatic carbocycles. The van der Waals surface area contributed by atoms with Crippen LogP contribution >= 0.6 is 0 Å². The number of nitrogens with one attached hydrogen (secondary N) is 1. The molecule has 2 rings (SSSR count). The average Bonchev–Trinajstić information content (AvgIpc) is 2.42. The highest BCUT2D eigenvalue weighted by molar-refractivity contribution is 5.36. The van der Waals surface area contributed by atoms with Crippen molar-refractivity contribution in [2.24, 2.45) is 0 Å². The summed E-state index contributed by atoms with van der Waals surface area (Å²) in [4.78, 5) is 0. The predicted molar refractivity (Wildman–Crippen MR) is 57.6 cm³/mol. The maximum atomic E-state index is 5.66. The van der Waals surface area contributed by atoms with Gasteiger partial charge in [0.15, 0.2) is 0 Å². The van der Waals surface area contributed by atoms with Gasteiger partial charge in [-0.2, -0.15) is 0 Å². The second kappa shape index (κ2) is 4.47. The Bertz CT molecular complexity index is 298. The summed E-state index contributed by atoms with van der Waals surface area (Å²) in [6, 6.07) is 8.81. The molecule has 1 heterocycles. The molecule has 0 bridgehead atoms. The summed E-state index contributed by atoms with van der Waals surface area (Å²) in [6.07, 6.45) is 2.38. The van der Waals surface area contributed by atoms with Crippen LogP contribution in [0.1, 0.15) is 31.4 Å². The van der Waals surface area contributed by atoms with E-state index in [4.69, 9.17) is 4.74 Å². The molecule has 1 aliphatic rings. The Morgan fingerprint density at radius 2 is 2.29 bits per heavy atom. The van der Waals surface area contributed by atoms with Gasteiger partial charge in [-0.1, -0.05) is 31.5 Å². The van der Waals surface area contributed by atoms with E-state index in [2.05, 4.69) is 30.4 Å². The monoisotopic (exact) mass is 191 g/mol. The SMILES string of the molecule is CCCC1NCCOc2ccccc21. The van der Waals surface area contributed by atoms with E-state index in [1.165, 1.54) is 18.4 Å². The average molecular weight is 191 g/mol. The summed E-state index contributed by atoms with van der Waals surface area (Å²) >= 11 is 0. The second-order valence-electron chi connectivity index (χ2n) is 3.68. The largest absolute Gasteiger partial charge is 0.492 e. The summed E-state index contributed by atoms with van der Waals surface area (Å²) in [7, 11) is 0. The third-order valence-corrected chi connectivity index (χ3v) is 2.62. The van der Waals surface area contributed by atoms with Gasteiger partial charge in [-0.05, 0) is 12.5 Å². The molecule has 0 amide bonds. The molecule has 2 nitrogen and oxygen atoms in total. The van der Waals surface area contributed by atoms with E-state index in [-0.39, 0.29) is 0 Å². The fourth-order valence-corrected chi connectivity index (χ4v) is 1.95. The van der Waals surface area contributed by atoms with Gasteiger partial charge in [-0.3, -0.25) is 0 Å². The van der Waals surface area contributed by atoms with Crippen molar-refractivity contribution in [1.29, 1.82) is 0 Å². The van der Waals surface area contributed by atoms with Crippen molar-refractivity contribution in [3.8, 4) is 5.75 Å². The van der Waals surface area contributed by atoms with Gasteiger partial charge in [-0.25, -0.2) is 0 Å². The Kier molecular flexibility index (Phi) is 3.04. The van der Waals surface area contributed by atoms with E-state index in [0.717, 1.165) is 18.9 Å². The highest BCUT2D eigenvalue weighted by Crippen LogP contribution is 2.29. The zero-order valence-electron chi connectivity index (χ0n) is 8.62. The normalized spacial score (nSPS) is 20.8. The van der Waals surface area contributed by atoms with Crippen molar-refractivity contribution in [3.05, 3.63) is 29.8 Å². The van der Waals surface area contributed by atoms with Crippen molar-refractivity contribution >= 4 is 0 Å². The zero-order chi connectivity index (χ0) is 9.80. The first-order valence-electron chi connectivity index (χ1n) is 5.37. The number of hydrogen-bond acceptors (Lipinski definition) is 2. The lowest BCUT2D eigenvalue weighted by Gasteiger charge is -2.16. The van der Waals surface area contributed by atoms with Crippen LogP contribution in [0.3, 0.4) is 0 Å². The Morgan fingerprint density at radius 1 is 1.43 bits per heavy atom. The molecule has 1 aliphatic heterocycles. The molecule has 1 N–H and O–H groups in total. The fraction of sp³-hybridized carbons (Fsp3) is 0.500. The van der Waals surface area contributed by atoms with Crippen molar-refractivity contribution in [3.63, 3.8) is 0 Å². The van der Waals surface area contributed by atoms with E-state index >= 15 is 0 Å². The van der Waals surface area contributed by atoms with Crippen LogP contribution in [-0.2, 0) is 0 Å². The maximum Gasteiger partial charge on any atom is 0.124 e. The van der Waals surface area contributed by atoms with Crippen LogP contribution in [0.25, 0.3) is 0 Å². The molecule has 0 radical (unpaired) electrons. The highest BCUT2D eigenvalue weighted by atomic mass is 16.5. The molecule has 1 unspecified atom stereocenters. The maximum absolute atomic E-state index is 5.66. The highest BCUT2D eigenvalue weighted by Gasteiger charge is 2.17. The quantitative estimate of drug-likeness (QED) is 0.775. The topological polar surface area (TPSA) is 21.3 Å². The number of benzene rings is 1. The number of fused-ring (bicyclic) bond motifs is 1. The summed E-state index contributed by atoms with van der Waals surface area (Å²) in [6.45, 7) is 3.94. The number of hydrogen-bond donors (Lipinski definition) is 1. The lowest BCUT2D eigenvalue weighted by atomic mass is 10.0. The van der Waals surface area contributed by atoms with Gasteiger partial charge < -0.3 is 10.1 Å². The van der Waals surface area contributed by atoms with Crippen LogP contribution in [0.15, 0.2) is 24.3 Å². The van der Waals surface area contributed by atoms with Gasteiger partial charge in [0.25, 0.3) is 0 Å². The number of para-hydroxylation sites is 1. The van der Waals surface area contributed by atoms with Crippen molar-refractivity contribution < 1.29 is 4.74 Å². The van der Waals surface area contributed by atoms with Crippen molar-refractivity contribution in [2.75, 3.05) is 13.2 Å². The Hall–Kier alpha value is -1.02. The van der Waals surface area contributed by atoms with Crippen LogP contribution in [0.4, 0.5) is 0 Å². The van der Waals surface area contributed by atoms with Crippen molar-refractivity contribution in [1.82, 2.24) is 5.32 Å². The van der Waals surface area contributed by atoms with Gasteiger partial charge in [0.2, 0.25) is 0 Å². The molecule has 0 aliphatic carbocycles. The van der Waals surface area contributed by atoms with E-state index < -0.39 is 0 Å². The molecule has 1 atom stereocenters. The van der Waals surface area contributed by atoms with Crippen LogP contribution in [0.5, 0.6) is 5.75 Å². The fourth-order valence-electron chi connectivity index (χ4n) is 1.95. The first-order chi connectivity index (χ1) is 6.92. The summed E-state index contributed by atoms with van der Waals surface area (Å²) in [5.74, 6) is 1.05. The molecule has 0 fully saturated rings. The lowest BCUT2D eigenvalue weighted by molar-refractivity contribution is 0.323. The van der Waals surface area contributed by atoms with E-state index in [9.17, 15) is 0 Å². The minimum absolute atomic E-state index is 0.471. The first kappa shape index (κ1) is 9.53. The minimum Gasteiger partial charge on any atom is -0.492 e. The molecule has 1 aromatic rings. The van der Waals surface area contributed by atoms with Gasteiger partial charge in [0.1, 0.15) is 12.4 Å². The first-order valence-corrected chi connectivity index (χ1v) is 5.37. The second-order valence-corrected chi connectivity index (χ2v) is 3.68.